The molecular formula is C29H25N3O2. The standard InChI is InChI=1S/C29H25N3O2/c1-33-27-17-14-23(18-28(27)34-2)29-24(20-32(31-29)19-21-8-4-3-5-9-21)13-16-25-15-12-22-10-6-7-11-26(22)30-25/h3-18,20H,19H2,1-2H3/b16-13+. The molecule has 5 nitrogen and oxygen atoms in total. The Bertz CT molecular complexity index is 1460. The second kappa shape index (κ2) is 9.63. The molecule has 2 heterocycles. The quantitative estimate of drug-likeness (QED) is 0.292. The minimum atomic E-state index is 0.670. The van der Waals surface area contributed by atoms with Crippen molar-refractivity contribution in [2.24, 2.45) is 0 Å². The van der Waals surface area contributed by atoms with Crippen LogP contribution in [0.4, 0.5) is 0 Å². The molecule has 0 unspecified atom stereocenters. The predicted molar refractivity (Wildman–Crippen MR) is 137 cm³/mol. The highest BCUT2D eigenvalue weighted by Gasteiger charge is 2.13. The minimum absolute atomic E-state index is 0.670. The van der Waals surface area contributed by atoms with E-state index in [1.165, 1.54) is 5.56 Å². The van der Waals surface area contributed by atoms with Crippen LogP contribution in [-0.4, -0.2) is 29.0 Å². The number of pyridine rings is 1. The van der Waals surface area contributed by atoms with Gasteiger partial charge in [0.05, 0.1) is 37.7 Å². The van der Waals surface area contributed by atoms with Gasteiger partial charge in [-0.3, -0.25) is 4.68 Å². The molecule has 0 bridgehead atoms. The van der Waals surface area contributed by atoms with E-state index < -0.39 is 0 Å². The Hall–Kier alpha value is -4.38. The Morgan fingerprint density at radius 2 is 1.59 bits per heavy atom. The fourth-order valence-electron chi connectivity index (χ4n) is 3.97. The zero-order chi connectivity index (χ0) is 23.3. The molecule has 34 heavy (non-hydrogen) atoms. The number of para-hydroxylation sites is 1. The van der Waals surface area contributed by atoms with Gasteiger partial charge in [-0.1, -0.05) is 54.6 Å². The zero-order valence-electron chi connectivity index (χ0n) is 19.2. The molecule has 0 spiro atoms. The summed E-state index contributed by atoms with van der Waals surface area (Å²) in [6.07, 6.45) is 6.16. The van der Waals surface area contributed by atoms with Gasteiger partial charge in [-0.25, -0.2) is 4.98 Å². The zero-order valence-corrected chi connectivity index (χ0v) is 19.2. The molecule has 3 aromatic carbocycles. The number of rotatable bonds is 7. The Morgan fingerprint density at radius 3 is 2.41 bits per heavy atom. The highest BCUT2D eigenvalue weighted by molar-refractivity contribution is 5.82. The fraction of sp³-hybridized carbons (Fsp3) is 0.103. The first kappa shape index (κ1) is 21.5. The summed E-state index contributed by atoms with van der Waals surface area (Å²) >= 11 is 0. The molecule has 0 fully saturated rings. The van der Waals surface area contributed by atoms with Gasteiger partial charge < -0.3 is 9.47 Å². The van der Waals surface area contributed by atoms with Crippen molar-refractivity contribution < 1.29 is 9.47 Å². The van der Waals surface area contributed by atoms with Gasteiger partial charge >= 0.3 is 0 Å². The summed E-state index contributed by atoms with van der Waals surface area (Å²) in [6.45, 7) is 0.684. The largest absolute Gasteiger partial charge is 0.493 e. The average Bonchev–Trinajstić information content (AvgIpc) is 3.29. The number of aromatic nitrogens is 3. The molecule has 5 rings (SSSR count). The van der Waals surface area contributed by atoms with Crippen LogP contribution < -0.4 is 9.47 Å². The number of fused-ring (bicyclic) bond motifs is 1. The summed E-state index contributed by atoms with van der Waals surface area (Å²) in [5, 5.41) is 6.04. The lowest BCUT2D eigenvalue weighted by Crippen LogP contribution is -2.00. The normalized spacial score (nSPS) is 11.2. The second-order valence-electron chi connectivity index (χ2n) is 7.95. The highest BCUT2D eigenvalue weighted by Crippen LogP contribution is 2.33. The molecule has 2 aromatic heterocycles. The van der Waals surface area contributed by atoms with Crippen LogP contribution >= 0.6 is 0 Å². The molecule has 0 aliphatic carbocycles. The van der Waals surface area contributed by atoms with Crippen molar-refractivity contribution in [3.05, 3.63) is 108 Å². The summed E-state index contributed by atoms with van der Waals surface area (Å²) in [7, 11) is 3.28. The van der Waals surface area contributed by atoms with Crippen molar-refractivity contribution in [1.29, 1.82) is 0 Å². The van der Waals surface area contributed by atoms with Crippen molar-refractivity contribution >= 4 is 23.1 Å². The number of hydrogen-bond donors (Lipinski definition) is 0. The molecule has 0 saturated heterocycles. The minimum Gasteiger partial charge on any atom is -0.493 e. The highest BCUT2D eigenvalue weighted by atomic mass is 16.5. The molecule has 0 N–H and O–H groups in total. The molecule has 0 aliphatic heterocycles. The van der Waals surface area contributed by atoms with Crippen molar-refractivity contribution in [2.45, 2.75) is 6.54 Å². The van der Waals surface area contributed by atoms with Gasteiger partial charge in [0.25, 0.3) is 0 Å². The topological polar surface area (TPSA) is 49.2 Å². The first-order valence-corrected chi connectivity index (χ1v) is 11.1. The summed E-state index contributed by atoms with van der Waals surface area (Å²) in [5.41, 5.74) is 5.88. The summed E-state index contributed by atoms with van der Waals surface area (Å²) in [6, 6.07) is 28.4. The third-order valence-corrected chi connectivity index (χ3v) is 5.69. The molecule has 0 atom stereocenters. The number of benzene rings is 3. The molecule has 5 aromatic rings. The van der Waals surface area contributed by atoms with E-state index in [9.17, 15) is 0 Å². The molecule has 168 valence electrons. The number of methoxy groups -OCH3 is 2. The Balaban J connectivity index is 1.54. The SMILES string of the molecule is COc1ccc(-c2nn(Cc3ccccc3)cc2/C=C/c2ccc3ccccc3n2)cc1OC. The van der Waals surface area contributed by atoms with Gasteiger partial charge in [-0.05, 0) is 48.0 Å². The van der Waals surface area contributed by atoms with Gasteiger partial charge in [0.1, 0.15) is 0 Å². The average molecular weight is 448 g/mol. The molecule has 0 radical (unpaired) electrons. The van der Waals surface area contributed by atoms with Gasteiger partial charge in [-0.15, -0.1) is 0 Å². The van der Waals surface area contributed by atoms with E-state index in [0.29, 0.717) is 18.0 Å². The Kier molecular flexibility index (Phi) is 6.08. The Morgan fingerprint density at radius 1 is 0.794 bits per heavy atom. The van der Waals surface area contributed by atoms with Crippen LogP contribution in [0.1, 0.15) is 16.8 Å². The van der Waals surface area contributed by atoms with E-state index in [0.717, 1.165) is 33.4 Å². The summed E-state index contributed by atoms with van der Waals surface area (Å²) in [4.78, 5) is 4.77. The van der Waals surface area contributed by atoms with Crippen LogP contribution in [0.5, 0.6) is 11.5 Å². The van der Waals surface area contributed by atoms with Crippen molar-refractivity contribution in [3.8, 4) is 22.8 Å². The van der Waals surface area contributed by atoms with Gasteiger partial charge in [-0.2, -0.15) is 5.10 Å². The van der Waals surface area contributed by atoms with Crippen molar-refractivity contribution in [1.82, 2.24) is 14.8 Å². The van der Waals surface area contributed by atoms with Crippen molar-refractivity contribution in [2.75, 3.05) is 14.2 Å². The lowest BCUT2D eigenvalue weighted by atomic mass is 10.1. The maximum Gasteiger partial charge on any atom is 0.161 e. The molecule has 0 amide bonds. The van der Waals surface area contributed by atoms with Crippen LogP contribution in [0, 0.1) is 0 Å². The van der Waals surface area contributed by atoms with Gasteiger partial charge in [0.2, 0.25) is 0 Å². The third-order valence-electron chi connectivity index (χ3n) is 5.69. The number of nitrogens with zero attached hydrogens (tertiary/aromatic N) is 3. The summed E-state index contributed by atoms with van der Waals surface area (Å²) < 4.78 is 12.9. The van der Waals surface area contributed by atoms with Crippen LogP contribution in [0.25, 0.3) is 34.3 Å². The van der Waals surface area contributed by atoms with Crippen LogP contribution in [0.15, 0.2) is 91.1 Å². The second-order valence-corrected chi connectivity index (χ2v) is 7.95. The van der Waals surface area contributed by atoms with Crippen LogP contribution in [-0.2, 0) is 6.54 Å². The first-order valence-electron chi connectivity index (χ1n) is 11.1. The molecule has 0 aliphatic rings. The van der Waals surface area contributed by atoms with Crippen molar-refractivity contribution in [3.63, 3.8) is 0 Å². The maximum atomic E-state index is 5.52. The monoisotopic (exact) mass is 447 g/mol. The fourth-order valence-corrected chi connectivity index (χ4v) is 3.97. The van der Waals surface area contributed by atoms with E-state index >= 15 is 0 Å². The smallest absolute Gasteiger partial charge is 0.161 e. The maximum absolute atomic E-state index is 5.52. The van der Waals surface area contributed by atoms with Gasteiger partial charge in [0, 0.05) is 22.7 Å². The molecule has 5 heteroatoms. The lowest BCUT2D eigenvalue weighted by molar-refractivity contribution is 0.355. The first-order chi connectivity index (χ1) is 16.7. The van der Waals surface area contributed by atoms with E-state index in [1.54, 1.807) is 14.2 Å². The van der Waals surface area contributed by atoms with Gasteiger partial charge in [0.15, 0.2) is 11.5 Å². The number of ether oxygens (including phenoxy) is 2. The lowest BCUT2D eigenvalue weighted by Gasteiger charge is -2.09. The molecule has 0 saturated carbocycles. The summed E-state index contributed by atoms with van der Waals surface area (Å²) in [5.74, 6) is 1.36. The van der Waals surface area contributed by atoms with E-state index in [1.807, 2.05) is 71.4 Å². The van der Waals surface area contributed by atoms with Crippen LogP contribution in [0.3, 0.4) is 0 Å². The third kappa shape index (κ3) is 4.55. The molecular weight excluding hydrogens is 422 g/mol. The number of hydrogen-bond acceptors (Lipinski definition) is 4. The van der Waals surface area contributed by atoms with E-state index in [-0.39, 0.29) is 0 Å². The van der Waals surface area contributed by atoms with E-state index in [2.05, 4.69) is 36.5 Å². The predicted octanol–water partition coefficient (Wildman–Crippen LogP) is 6.33. The van der Waals surface area contributed by atoms with E-state index in [4.69, 9.17) is 19.6 Å². The van der Waals surface area contributed by atoms with Crippen LogP contribution in [0.2, 0.25) is 0 Å². The Labute approximate surface area is 198 Å².